The molecule has 0 aromatic heterocycles. The van der Waals surface area contributed by atoms with Crippen LogP contribution in [0.15, 0.2) is 88.8 Å². The van der Waals surface area contributed by atoms with Crippen LogP contribution in [-0.4, -0.2) is 17.5 Å². The molecule has 0 N–H and O–H groups in total. The van der Waals surface area contributed by atoms with E-state index in [1.54, 1.807) is 0 Å². The SMILES string of the molecule is C[N+](=O)c1ccc(C2CC(c3ccccc3)=Nc3ccccc3S2)cc1. The van der Waals surface area contributed by atoms with Crippen molar-refractivity contribution in [1.29, 1.82) is 0 Å². The van der Waals surface area contributed by atoms with Gasteiger partial charge in [-0.2, -0.15) is 0 Å². The van der Waals surface area contributed by atoms with Gasteiger partial charge in [0.15, 0.2) is 7.05 Å². The highest BCUT2D eigenvalue weighted by Gasteiger charge is 2.23. The van der Waals surface area contributed by atoms with Crippen LogP contribution in [0.25, 0.3) is 0 Å². The summed E-state index contributed by atoms with van der Waals surface area (Å²) in [7, 11) is 1.52. The molecule has 1 aliphatic heterocycles. The number of rotatable bonds is 3. The van der Waals surface area contributed by atoms with Crippen molar-refractivity contribution in [2.24, 2.45) is 4.99 Å². The Morgan fingerprint density at radius 1 is 0.923 bits per heavy atom. The Balaban J connectivity index is 1.75. The molecule has 0 saturated heterocycles. The standard InChI is InChI=1S/C22H19N2OS/c1-24(25)18-13-11-17(12-14-18)22-15-20(16-7-3-2-4-8-16)23-19-9-5-6-10-21(19)26-22/h2-14,22H,15H2,1H3/q+1. The molecular weight excluding hydrogens is 340 g/mol. The molecule has 3 aromatic rings. The minimum absolute atomic E-state index is 0.253. The van der Waals surface area contributed by atoms with Gasteiger partial charge in [-0.1, -0.05) is 54.6 Å². The molecule has 1 heterocycles. The number of nitroso groups, excluding NO2 is 1. The van der Waals surface area contributed by atoms with Gasteiger partial charge in [0.05, 0.1) is 5.69 Å². The van der Waals surface area contributed by atoms with Gasteiger partial charge >= 0.3 is 0 Å². The van der Waals surface area contributed by atoms with Gasteiger partial charge in [-0.25, -0.2) is 0 Å². The van der Waals surface area contributed by atoms with Crippen LogP contribution in [0.2, 0.25) is 0 Å². The summed E-state index contributed by atoms with van der Waals surface area (Å²) in [6.07, 6.45) is 0.843. The van der Waals surface area contributed by atoms with Gasteiger partial charge in [0.25, 0.3) is 5.69 Å². The smallest absolute Gasteiger partial charge is 0.252 e. The fraction of sp³-hybridized carbons (Fsp3) is 0.136. The van der Waals surface area contributed by atoms with Crippen molar-refractivity contribution in [2.75, 3.05) is 7.05 Å². The average Bonchev–Trinajstić information content (AvgIpc) is 2.88. The first-order valence-corrected chi connectivity index (χ1v) is 9.48. The summed E-state index contributed by atoms with van der Waals surface area (Å²) in [5.74, 6) is 0. The van der Waals surface area contributed by atoms with Gasteiger partial charge in [0.2, 0.25) is 0 Å². The van der Waals surface area contributed by atoms with Crippen molar-refractivity contribution in [1.82, 2.24) is 0 Å². The van der Waals surface area contributed by atoms with E-state index in [4.69, 9.17) is 4.99 Å². The van der Waals surface area contributed by atoms with Gasteiger partial charge < -0.3 is 0 Å². The summed E-state index contributed by atoms with van der Waals surface area (Å²) in [5.41, 5.74) is 5.16. The highest BCUT2D eigenvalue weighted by molar-refractivity contribution is 7.99. The first kappa shape index (κ1) is 16.7. The fourth-order valence-corrected chi connectivity index (χ4v) is 4.34. The van der Waals surface area contributed by atoms with Gasteiger partial charge in [0, 0.05) is 44.1 Å². The Bertz CT molecular complexity index is 965. The number of hydrogen-bond acceptors (Lipinski definition) is 3. The molecular formula is C22H19N2OS+. The second kappa shape index (κ2) is 7.26. The predicted octanol–water partition coefficient (Wildman–Crippen LogP) is 6.08. The van der Waals surface area contributed by atoms with Crippen molar-refractivity contribution < 1.29 is 4.76 Å². The van der Waals surface area contributed by atoms with Crippen molar-refractivity contribution in [3.63, 3.8) is 0 Å². The van der Waals surface area contributed by atoms with Crippen molar-refractivity contribution in [2.45, 2.75) is 16.6 Å². The molecule has 4 heteroatoms. The second-order valence-electron chi connectivity index (χ2n) is 6.29. The topological polar surface area (TPSA) is 32.4 Å². The van der Waals surface area contributed by atoms with Crippen LogP contribution in [0.1, 0.15) is 22.8 Å². The normalized spacial score (nSPS) is 16.3. The van der Waals surface area contributed by atoms with Gasteiger partial charge in [-0.05, 0) is 23.3 Å². The molecule has 3 nitrogen and oxygen atoms in total. The zero-order valence-electron chi connectivity index (χ0n) is 14.5. The molecule has 1 unspecified atom stereocenters. The third kappa shape index (κ3) is 3.46. The number of para-hydroxylation sites is 1. The Hall–Kier alpha value is -2.72. The van der Waals surface area contributed by atoms with Gasteiger partial charge in [0.1, 0.15) is 0 Å². The fourth-order valence-electron chi connectivity index (χ4n) is 3.11. The first-order valence-electron chi connectivity index (χ1n) is 8.60. The molecule has 128 valence electrons. The lowest BCUT2D eigenvalue weighted by atomic mass is 10.0. The van der Waals surface area contributed by atoms with E-state index in [2.05, 4.69) is 54.6 Å². The summed E-state index contributed by atoms with van der Waals surface area (Å²) >= 11 is 1.84. The van der Waals surface area contributed by atoms with E-state index in [-0.39, 0.29) is 5.25 Å². The van der Waals surface area contributed by atoms with Crippen LogP contribution in [-0.2, 0) is 0 Å². The molecule has 26 heavy (non-hydrogen) atoms. The number of thioether (sulfide) groups is 1. The summed E-state index contributed by atoms with van der Waals surface area (Å²) in [6.45, 7) is 0. The zero-order valence-corrected chi connectivity index (χ0v) is 15.3. The number of hydrogen-bond donors (Lipinski definition) is 0. The van der Waals surface area contributed by atoms with Crippen molar-refractivity contribution in [3.8, 4) is 0 Å². The Labute approximate surface area is 157 Å². The number of aliphatic imine (C=N–C) groups is 1. The monoisotopic (exact) mass is 359 g/mol. The minimum Gasteiger partial charge on any atom is -0.252 e. The quantitative estimate of drug-likeness (QED) is 0.530. The van der Waals surface area contributed by atoms with Crippen molar-refractivity contribution in [3.05, 3.63) is 94.9 Å². The molecule has 3 aromatic carbocycles. The molecule has 1 atom stereocenters. The summed E-state index contributed by atoms with van der Waals surface area (Å²) in [5, 5.41) is 0.253. The zero-order chi connectivity index (χ0) is 17.9. The third-order valence-electron chi connectivity index (χ3n) is 4.50. The third-order valence-corrected chi connectivity index (χ3v) is 5.83. The molecule has 0 bridgehead atoms. The Kier molecular flexibility index (Phi) is 4.67. The van der Waals surface area contributed by atoms with Crippen molar-refractivity contribution >= 4 is 28.8 Å². The summed E-state index contributed by atoms with van der Waals surface area (Å²) < 4.78 is 0.885. The molecule has 1 aliphatic rings. The van der Waals surface area contributed by atoms with E-state index < -0.39 is 0 Å². The van der Waals surface area contributed by atoms with E-state index in [0.29, 0.717) is 5.69 Å². The number of benzene rings is 3. The predicted molar refractivity (Wildman–Crippen MR) is 108 cm³/mol. The van der Waals surface area contributed by atoms with E-state index >= 15 is 0 Å². The van der Waals surface area contributed by atoms with Crippen LogP contribution in [0.4, 0.5) is 11.4 Å². The Morgan fingerprint density at radius 2 is 1.62 bits per heavy atom. The van der Waals surface area contributed by atoms with E-state index in [1.165, 1.54) is 17.5 Å². The van der Waals surface area contributed by atoms with Crippen LogP contribution in [0, 0.1) is 4.91 Å². The van der Waals surface area contributed by atoms with Gasteiger partial charge in [-0.15, -0.1) is 11.8 Å². The lowest BCUT2D eigenvalue weighted by Crippen LogP contribution is -2.05. The number of nitrogens with zero attached hydrogens (tertiary/aromatic N) is 2. The molecule has 0 saturated carbocycles. The van der Waals surface area contributed by atoms with Crippen LogP contribution in [0.5, 0.6) is 0 Å². The molecule has 0 radical (unpaired) electrons. The van der Waals surface area contributed by atoms with E-state index in [1.807, 2.05) is 36.0 Å². The summed E-state index contributed by atoms with van der Waals surface area (Å²) in [6, 6.07) is 26.5. The summed E-state index contributed by atoms with van der Waals surface area (Å²) in [4.78, 5) is 17.6. The Morgan fingerprint density at radius 3 is 2.35 bits per heavy atom. The van der Waals surface area contributed by atoms with E-state index in [0.717, 1.165) is 28.1 Å². The lowest BCUT2D eigenvalue weighted by Gasteiger charge is -2.16. The van der Waals surface area contributed by atoms with Gasteiger partial charge in [-0.3, -0.25) is 4.99 Å². The van der Waals surface area contributed by atoms with E-state index in [9.17, 15) is 4.91 Å². The average molecular weight is 359 g/mol. The highest BCUT2D eigenvalue weighted by Crippen LogP contribution is 2.45. The molecule has 0 fully saturated rings. The largest absolute Gasteiger partial charge is 0.255 e. The molecule has 4 rings (SSSR count). The lowest BCUT2D eigenvalue weighted by molar-refractivity contribution is -0.428. The molecule has 0 spiro atoms. The molecule has 0 amide bonds. The van der Waals surface area contributed by atoms with Crippen LogP contribution < -0.4 is 0 Å². The first-order chi connectivity index (χ1) is 12.7. The highest BCUT2D eigenvalue weighted by atomic mass is 32.2. The second-order valence-corrected chi connectivity index (χ2v) is 7.54. The maximum Gasteiger partial charge on any atom is 0.255 e. The number of fused-ring (bicyclic) bond motifs is 1. The minimum atomic E-state index is 0.253. The van der Waals surface area contributed by atoms with Crippen LogP contribution >= 0.6 is 11.8 Å². The molecule has 0 aliphatic carbocycles. The maximum atomic E-state index is 11.5. The maximum absolute atomic E-state index is 11.5. The van der Waals surface area contributed by atoms with Crippen LogP contribution in [0.3, 0.4) is 0 Å².